The van der Waals surface area contributed by atoms with Gasteiger partial charge in [-0.2, -0.15) is 0 Å². The Hall–Kier alpha value is -2.02. The molecule has 0 saturated heterocycles. The molecule has 3 rings (SSSR count). The largest absolute Gasteiger partial charge is 0.397 e. The van der Waals surface area contributed by atoms with Crippen molar-refractivity contribution in [1.82, 2.24) is 14.9 Å². The average Bonchev–Trinajstić information content (AvgIpc) is 3.04. The number of amides is 1. The summed E-state index contributed by atoms with van der Waals surface area (Å²) in [5, 5.41) is 7.18. The zero-order valence-corrected chi connectivity index (χ0v) is 12.7. The van der Waals surface area contributed by atoms with Crippen LogP contribution in [0.25, 0.3) is 0 Å². The SMILES string of the molecule is Cn1ccnc1CCNc1cc(N)c(C(=O)NC2CC2)s1. The molecule has 0 atom stereocenters. The third-order valence-electron chi connectivity index (χ3n) is 3.45. The lowest BCUT2D eigenvalue weighted by molar-refractivity contribution is 0.0956. The van der Waals surface area contributed by atoms with Crippen molar-refractivity contribution in [1.29, 1.82) is 0 Å². The molecule has 0 unspecified atom stereocenters. The maximum absolute atomic E-state index is 12.0. The van der Waals surface area contributed by atoms with Gasteiger partial charge >= 0.3 is 0 Å². The van der Waals surface area contributed by atoms with Gasteiger partial charge in [0.2, 0.25) is 0 Å². The number of carbonyl (C=O) groups is 1. The zero-order chi connectivity index (χ0) is 14.8. The van der Waals surface area contributed by atoms with Crippen LogP contribution in [-0.4, -0.2) is 28.0 Å². The second kappa shape index (κ2) is 5.77. The number of hydrogen-bond donors (Lipinski definition) is 3. The Morgan fingerprint density at radius 3 is 3.05 bits per heavy atom. The first-order valence-corrected chi connectivity index (χ1v) is 7.85. The molecule has 0 aliphatic heterocycles. The maximum atomic E-state index is 12.0. The van der Waals surface area contributed by atoms with Gasteiger partial charge in [0.1, 0.15) is 10.7 Å². The van der Waals surface area contributed by atoms with Gasteiger partial charge in [-0.15, -0.1) is 11.3 Å². The molecule has 2 aromatic heterocycles. The van der Waals surface area contributed by atoms with Crippen LogP contribution < -0.4 is 16.4 Å². The molecule has 2 aromatic rings. The van der Waals surface area contributed by atoms with Crippen LogP contribution in [0.4, 0.5) is 10.7 Å². The van der Waals surface area contributed by atoms with Crippen LogP contribution in [0.1, 0.15) is 28.3 Å². The Morgan fingerprint density at radius 2 is 2.38 bits per heavy atom. The van der Waals surface area contributed by atoms with Crippen molar-refractivity contribution in [3.63, 3.8) is 0 Å². The number of nitrogen functional groups attached to an aromatic ring is 1. The number of thiophene rings is 1. The van der Waals surface area contributed by atoms with Gasteiger partial charge < -0.3 is 20.9 Å². The molecule has 0 spiro atoms. The van der Waals surface area contributed by atoms with E-state index in [1.807, 2.05) is 23.9 Å². The summed E-state index contributed by atoms with van der Waals surface area (Å²) in [6.07, 6.45) is 6.69. The van der Waals surface area contributed by atoms with E-state index >= 15 is 0 Å². The summed E-state index contributed by atoms with van der Waals surface area (Å²) in [4.78, 5) is 16.9. The number of anilines is 2. The van der Waals surface area contributed by atoms with Gasteiger partial charge in [-0.1, -0.05) is 0 Å². The topological polar surface area (TPSA) is 85.0 Å². The Morgan fingerprint density at radius 1 is 1.57 bits per heavy atom. The van der Waals surface area contributed by atoms with Crippen LogP contribution in [0.5, 0.6) is 0 Å². The fraction of sp³-hybridized carbons (Fsp3) is 0.429. The number of rotatable bonds is 6. The van der Waals surface area contributed by atoms with Crippen LogP contribution in [0, 0.1) is 0 Å². The lowest BCUT2D eigenvalue weighted by Gasteiger charge is -2.03. The normalized spacial score (nSPS) is 14.1. The molecule has 0 radical (unpaired) electrons. The van der Waals surface area contributed by atoms with E-state index in [1.165, 1.54) is 11.3 Å². The van der Waals surface area contributed by atoms with Crippen molar-refractivity contribution in [3.8, 4) is 0 Å². The minimum atomic E-state index is -0.0582. The Balaban J connectivity index is 1.56. The first-order chi connectivity index (χ1) is 10.1. The number of nitrogens with one attached hydrogen (secondary N) is 2. The Bertz CT molecular complexity index is 644. The summed E-state index contributed by atoms with van der Waals surface area (Å²) in [6.45, 7) is 0.758. The van der Waals surface area contributed by atoms with E-state index in [0.29, 0.717) is 16.6 Å². The minimum Gasteiger partial charge on any atom is -0.397 e. The van der Waals surface area contributed by atoms with Gasteiger partial charge in [0.05, 0.1) is 10.7 Å². The highest BCUT2D eigenvalue weighted by molar-refractivity contribution is 7.18. The number of aryl methyl sites for hydroxylation is 1. The molecular weight excluding hydrogens is 286 g/mol. The molecule has 2 heterocycles. The molecule has 1 aliphatic carbocycles. The molecule has 7 heteroatoms. The van der Waals surface area contributed by atoms with Gasteiger partial charge in [-0.05, 0) is 18.9 Å². The number of hydrogen-bond acceptors (Lipinski definition) is 5. The van der Waals surface area contributed by atoms with Crippen molar-refractivity contribution < 1.29 is 4.79 Å². The van der Waals surface area contributed by atoms with E-state index in [-0.39, 0.29) is 5.91 Å². The summed E-state index contributed by atoms with van der Waals surface area (Å²) >= 11 is 1.40. The molecule has 6 nitrogen and oxygen atoms in total. The molecule has 21 heavy (non-hydrogen) atoms. The standard InChI is InChI=1S/C14H19N5OS/c1-19-7-6-16-11(19)4-5-17-12-8-10(15)13(21-12)14(20)18-9-2-3-9/h6-9,17H,2-5,15H2,1H3,(H,18,20). The monoisotopic (exact) mass is 305 g/mol. The minimum absolute atomic E-state index is 0.0582. The van der Waals surface area contributed by atoms with E-state index in [9.17, 15) is 4.79 Å². The van der Waals surface area contributed by atoms with Gasteiger partial charge in [-0.25, -0.2) is 4.98 Å². The van der Waals surface area contributed by atoms with Crippen molar-refractivity contribution in [2.75, 3.05) is 17.6 Å². The van der Waals surface area contributed by atoms with Crippen LogP contribution in [0.3, 0.4) is 0 Å². The van der Waals surface area contributed by atoms with E-state index in [2.05, 4.69) is 15.6 Å². The van der Waals surface area contributed by atoms with Crippen molar-refractivity contribution in [2.24, 2.45) is 7.05 Å². The molecule has 4 N–H and O–H groups in total. The molecule has 1 aliphatic rings. The smallest absolute Gasteiger partial charge is 0.263 e. The lowest BCUT2D eigenvalue weighted by Crippen LogP contribution is -2.25. The third kappa shape index (κ3) is 3.36. The molecule has 1 fully saturated rings. The van der Waals surface area contributed by atoms with E-state index < -0.39 is 0 Å². The maximum Gasteiger partial charge on any atom is 0.263 e. The van der Waals surface area contributed by atoms with E-state index in [1.54, 1.807) is 6.20 Å². The summed E-state index contributed by atoms with van der Waals surface area (Å²) in [7, 11) is 1.98. The van der Waals surface area contributed by atoms with Gasteiger partial charge in [0.15, 0.2) is 0 Å². The Kier molecular flexibility index (Phi) is 3.83. The predicted molar refractivity (Wildman–Crippen MR) is 84.6 cm³/mol. The molecule has 0 bridgehead atoms. The molecule has 112 valence electrons. The van der Waals surface area contributed by atoms with Gasteiger partial charge in [0, 0.05) is 38.4 Å². The fourth-order valence-electron chi connectivity index (χ4n) is 2.08. The average molecular weight is 305 g/mol. The van der Waals surface area contributed by atoms with Crippen LogP contribution in [0.15, 0.2) is 18.5 Å². The molecule has 1 amide bonds. The van der Waals surface area contributed by atoms with E-state index in [0.717, 1.165) is 36.6 Å². The number of nitrogens with two attached hydrogens (primary N) is 1. The van der Waals surface area contributed by atoms with Gasteiger partial charge in [0.25, 0.3) is 5.91 Å². The number of nitrogens with zero attached hydrogens (tertiary/aromatic N) is 2. The highest BCUT2D eigenvalue weighted by atomic mass is 32.1. The van der Waals surface area contributed by atoms with Gasteiger partial charge in [-0.3, -0.25) is 4.79 Å². The third-order valence-corrected chi connectivity index (χ3v) is 4.56. The fourth-order valence-corrected chi connectivity index (χ4v) is 2.99. The van der Waals surface area contributed by atoms with Crippen molar-refractivity contribution in [2.45, 2.75) is 25.3 Å². The van der Waals surface area contributed by atoms with Crippen LogP contribution in [-0.2, 0) is 13.5 Å². The highest BCUT2D eigenvalue weighted by Gasteiger charge is 2.25. The first kappa shape index (κ1) is 13.9. The number of aromatic nitrogens is 2. The molecular formula is C14H19N5OS. The highest BCUT2D eigenvalue weighted by Crippen LogP contribution is 2.30. The predicted octanol–water partition coefficient (Wildman–Crippen LogP) is 1.61. The number of carbonyl (C=O) groups excluding carboxylic acids is 1. The molecule has 1 saturated carbocycles. The van der Waals surface area contributed by atoms with Crippen LogP contribution in [0.2, 0.25) is 0 Å². The van der Waals surface area contributed by atoms with Crippen molar-refractivity contribution >= 4 is 27.9 Å². The number of imidazole rings is 1. The summed E-state index contributed by atoms with van der Waals surface area (Å²) in [5.74, 6) is 0.968. The quantitative estimate of drug-likeness (QED) is 0.757. The van der Waals surface area contributed by atoms with Crippen molar-refractivity contribution in [3.05, 3.63) is 29.2 Å². The lowest BCUT2D eigenvalue weighted by atomic mass is 10.3. The second-order valence-corrected chi connectivity index (χ2v) is 6.33. The zero-order valence-electron chi connectivity index (χ0n) is 11.9. The van der Waals surface area contributed by atoms with E-state index in [4.69, 9.17) is 5.73 Å². The first-order valence-electron chi connectivity index (χ1n) is 7.03. The summed E-state index contributed by atoms with van der Waals surface area (Å²) < 4.78 is 2.00. The molecule has 0 aromatic carbocycles. The summed E-state index contributed by atoms with van der Waals surface area (Å²) in [5.41, 5.74) is 6.46. The summed E-state index contributed by atoms with van der Waals surface area (Å²) in [6, 6.07) is 2.17. The van der Waals surface area contributed by atoms with Crippen LogP contribution >= 0.6 is 11.3 Å². The Labute approximate surface area is 127 Å². The second-order valence-electron chi connectivity index (χ2n) is 5.27.